The van der Waals surface area contributed by atoms with Gasteiger partial charge in [-0.3, -0.25) is 14.3 Å². The van der Waals surface area contributed by atoms with Gasteiger partial charge in [0.25, 0.3) is 0 Å². The summed E-state index contributed by atoms with van der Waals surface area (Å²) in [5.74, 6) is 0.742. The molecule has 2 aromatic carbocycles. The number of halogens is 1. The van der Waals surface area contributed by atoms with Crippen molar-refractivity contribution in [2.75, 3.05) is 11.1 Å². The van der Waals surface area contributed by atoms with E-state index in [1.54, 1.807) is 6.20 Å². The predicted molar refractivity (Wildman–Crippen MR) is 128 cm³/mol. The highest BCUT2D eigenvalue weighted by molar-refractivity contribution is 9.10. The standard InChI is InChI=1S/C23H20BrN5OS/c1-15-6-9-18(10-7-15)29-22(20-5-3-4-12-25-20)27-28-23(29)31-14-21(30)26-19-11-8-17(24)13-16(19)2/h3-13H,14H2,1-2H3,(H,26,30). The maximum Gasteiger partial charge on any atom is 0.234 e. The van der Waals surface area contributed by atoms with Crippen molar-refractivity contribution in [3.05, 3.63) is 82.5 Å². The third kappa shape index (κ3) is 5.03. The summed E-state index contributed by atoms with van der Waals surface area (Å²) in [5.41, 5.74) is 4.59. The number of rotatable bonds is 6. The molecule has 2 heterocycles. The van der Waals surface area contributed by atoms with Gasteiger partial charge in [-0.1, -0.05) is 51.5 Å². The molecule has 156 valence electrons. The number of hydrogen-bond donors (Lipinski definition) is 1. The van der Waals surface area contributed by atoms with Gasteiger partial charge in [0.05, 0.1) is 5.75 Å². The molecule has 0 spiro atoms. The number of aryl methyl sites for hydroxylation is 2. The molecule has 0 aliphatic heterocycles. The number of thioether (sulfide) groups is 1. The summed E-state index contributed by atoms with van der Waals surface area (Å²) < 4.78 is 2.91. The first-order valence-corrected chi connectivity index (χ1v) is 11.4. The number of carbonyl (C=O) groups is 1. The second-order valence-electron chi connectivity index (χ2n) is 6.99. The Morgan fingerprint density at radius 3 is 2.58 bits per heavy atom. The fraction of sp³-hybridized carbons (Fsp3) is 0.130. The normalized spacial score (nSPS) is 10.8. The lowest BCUT2D eigenvalue weighted by Crippen LogP contribution is -2.15. The minimum absolute atomic E-state index is 0.103. The Hall–Kier alpha value is -2.97. The summed E-state index contributed by atoms with van der Waals surface area (Å²) in [4.78, 5) is 17.0. The lowest BCUT2D eigenvalue weighted by Gasteiger charge is -2.11. The van der Waals surface area contributed by atoms with Crippen LogP contribution in [0.2, 0.25) is 0 Å². The van der Waals surface area contributed by atoms with Crippen LogP contribution in [0, 0.1) is 13.8 Å². The van der Waals surface area contributed by atoms with Gasteiger partial charge in [0.2, 0.25) is 5.91 Å². The van der Waals surface area contributed by atoms with Crippen molar-refractivity contribution in [3.8, 4) is 17.2 Å². The molecule has 2 aromatic heterocycles. The first-order chi connectivity index (χ1) is 15.0. The summed E-state index contributed by atoms with van der Waals surface area (Å²) in [6, 6.07) is 19.5. The van der Waals surface area contributed by atoms with Crippen molar-refractivity contribution in [2.45, 2.75) is 19.0 Å². The van der Waals surface area contributed by atoms with E-state index in [4.69, 9.17) is 0 Å². The number of nitrogens with zero attached hydrogens (tertiary/aromatic N) is 4. The SMILES string of the molecule is Cc1ccc(-n2c(SCC(=O)Nc3ccc(Br)cc3C)nnc2-c2ccccn2)cc1. The van der Waals surface area contributed by atoms with Crippen LogP contribution >= 0.6 is 27.7 Å². The zero-order valence-corrected chi connectivity index (χ0v) is 19.4. The van der Waals surface area contributed by atoms with E-state index in [0.717, 1.165) is 32.7 Å². The maximum absolute atomic E-state index is 12.6. The molecule has 0 saturated heterocycles. The number of pyridine rings is 1. The second-order valence-corrected chi connectivity index (χ2v) is 8.85. The minimum Gasteiger partial charge on any atom is -0.325 e. The van der Waals surface area contributed by atoms with Gasteiger partial charge in [-0.05, 0) is 61.9 Å². The van der Waals surface area contributed by atoms with Crippen molar-refractivity contribution in [1.82, 2.24) is 19.7 Å². The number of nitrogens with one attached hydrogen (secondary N) is 1. The molecule has 6 nitrogen and oxygen atoms in total. The number of anilines is 1. The zero-order chi connectivity index (χ0) is 21.8. The molecule has 8 heteroatoms. The molecule has 31 heavy (non-hydrogen) atoms. The van der Waals surface area contributed by atoms with Gasteiger partial charge in [-0.25, -0.2) is 0 Å². The van der Waals surface area contributed by atoms with Crippen LogP contribution < -0.4 is 5.32 Å². The average molecular weight is 494 g/mol. The highest BCUT2D eigenvalue weighted by atomic mass is 79.9. The van der Waals surface area contributed by atoms with E-state index in [0.29, 0.717) is 11.0 Å². The molecular formula is C23H20BrN5OS. The Labute approximate surface area is 193 Å². The van der Waals surface area contributed by atoms with Crippen LogP contribution in [-0.2, 0) is 4.79 Å². The van der Waals surface area contributed by atoms with Crippen LogP contribution in [-0.4, -0.2) is 31.4 Å². The molecule has 4 aromatic rings. The van der Waals surface area contributed by atoms with Crippen LogP contribution in [0.3, 0.4) is 0 Å². The third-order valence-corrected chi connectivity index (χ3v) is 6.04. The number of amides is 1. The van der Waals surface area contributed by atoms with E-state index in [2.05, 4.69) is 36.4 Å². The van der Waals surface area contributed by atoms with Crippen LogP contribution in [0.5, 0.6) is 0 Å². The number of hydrogen-bond acceptors (Lipinski definition) is 5. The summed E-state index contributed by atoms with van der Waals surface area (Å²) in [6.07, 6.45) is 1.73. The van der Waals surface area contributed by atoms with Crippen molar-refractivity contribution in [2.24, 2.45) is 0 Å². The molecule has 0 bridgehead atoms. The van der Waals surface area contributed by atoms with Crippen molar-refractivity contribution in [1.29, 1.82) is 0 Å². The van der Waals surface area contributed by atoms with Gasteiger partial charge < -0.3 is 5.32 Å². The van der Waals surface area contributed by atoms with E-state index in [1.165, 1.54) is 11.8 Å². The van der Waals surface area contributed by atoms with E-state index in [-0.39, 0.29) is 11.7 Å². The molecule has 0 fully saturated rings. The molecule has 0 aliphatic rings. The summed E-state index contributed by atoms with van der Waals surface area (Å²) in [5, 5.41) is 12.3. The molecule has 4 rings (SSSR count). The van der Waals surface area contributed by atoms with Gasteiger partial charge in [-0.2, -0.15) is 0 Å². The number of aromatic nitrogens is 4. The third-order valence-electron chi connectivity index (χ3n) is 4.61. The van der Waals surface area contributed by atoms with Crippen LogP contribution in [0.15, 0.2) is 76.5 Å². The number of carbonyl (C=O) groups excluding carboxylic acids is 1. The molecule has 0 atom stereocenters. The lowest BCUT2D eigenvalue weighted by molar-refractivity contribution is -0.113. The van der Waals surface area contributed by atoms with E-state index in [1.807, 2.05) is 79.1 Å². The van der Waals surface area contributed by atoms with Crippen LogP contribution in [0.25, 0.3) is 17.2 Å². The Balaban J connectivity index is 1.58. The largest absolute Gasteiger partial charge is 0.325 e. The summed E-state index contributed by atoms with van der Waals surface area (Å²) >= 11 is 4.78. The Morgan fingerprint density at radius 2 is 1.87 bits per heavy atom. The topological polar surface area (TPSA) is 72.7 Å². The average Bonchev–Trinajstić information content (AvgIpc) is 3.19. The molecule has 0 saturated carbocycles. The van der Waals surface area contributed by atoms with E-state index >= 15 is 0 Å². The van der Waals surface area contributed by atoms with Gasteiger partial charge in [0.1, 0.15) is 5.69 Å². The maximum atomic E-state index is 12.6. The summed E-state index contributed by atoms with van der Waals surface area (Å²) in [7, 11) is 0. The Kier molecular flexibility index (Phi) is 6.48. The predicted octanol–water partition coefficient (Wildman–Crippen LogP) is 5.44. The number of benzene rings is 2. The molecule has 0 unspecified atom stereocenters. The van der Waals surface area contributed by atoms with Gasteiger partial charge in [0.15, 0.2) is 11.0 Å². The van der Waals surface area contributed by atoms with E-state index in [9.17, 15) is 4.79 Å². The smallest absolute Gasteiger partial charge is 0.234 e. The van der Waals surface area contributed by atoms with E-state index < -0.39 is 0 Å². The fourth-order valence-electron chi connectivity index (χ4n) is 3.03. The molecule has 1 amide bonds. The quantitative estimate of drug-likeness (QED) is 0.362. The highest BCUT2D eigenvalue weighted by Crippen LogP contribution is 2.27. The lowest BCUT2D eigenvalue weighted by atomic mass is 10.2. The van der Waals surface area contributed by atoms with Crippen molar-refractivity contribution >= 4 is 39.3 Å². The summed E-state index contributed by atoms with van der Waals surface area (Å²) in [6.45, 7) is 4.00. The molecule has 0 aliphatic carbocycles. The van der Waals surface area contributed by atoms with Crippen LogP contribution in [0.4, 0.5) is 5.69 Å². The molecule has 1 N–H and O–H groups in total. The zero-order valence-electron chi connectivity index (χ0n) is 17.0. The Morgan fingerprint density at radius 1 is 1.06 bits per heavy atom. The highest BCUT2D eigenvalue weighted by Gasteiger charge is 2.18. The molecular weight excluding hydrogens is 474 g/mol. The van der Waals surface area contributed by atoms with Gasteiger partial charge in [0, 0.05) is 22.0 Å². The monoisotopic (exact) mass is 493 g/mol. The van der Waals surface area contributed by atoms with Crippen LogP contribution in [0.1, 0.15) is 11.1 Å². The first kappa shape index (κ1) is 21.3. The van der Waals surface area contributed by atoms with Gasteiger partial charge in [-0.15, -0.1) is 10.2 Å². The first-order valence-electron chi connectivity index (χ1n) is 9.64. The molecule has 0 radical (unpaired) electrons. The second kappa shape index (κ2) is 9.45. The van der Waals surface area contributed by atoms with Gasteiger partial charge >= 0.3 is 0 Å². The van der Waals surface area contributed by atoms with Crippen molar-refractivity contribution in [3.63, 3.8) is 0 Å². The van der Waals surface area contributed by atoms with Crippen molar-refractivity contribution < 1.29 is 4.79 Å². The fourth-order valence-corrected chi connectivity index (χ4v) is 4.26. The Bertz CT molecular complexity index is 1210. The minimum atomic E-state index is -0.103.